The molecule has 0 saturated carbocycles. The number of carbonyl (C=O) groups is 1. The molecule has 0 spiro atoms. The highest BCUT2D eigenvalue weighted by Gasteiger charge is 2.25. The molecule has 184 valence electrons. The van der Waals surface area contributed by atoms with Crippen molar-refractivity contribution in [3.05, 3.63) is 95.3 Å². The van der Waals surface area contributed by atoms with Crippen LogP contribution in [0.3, 0.4) is 0 Å². The molecule has 0 atom stereocenters. The SMILES string of the molecule is COc1cc(CNC(=O)N(Cc2ccc(F)cc2)C2CCNCC2)ccc1OCc1ccccc1. The van der Waals surface area contributed by atoms with Gasteiger partial charge in [0.1, 0.15) is 12.4 Å². The maximum Gasteiger partial charge on any atom is 0.318 e. The fourth-order valence-electron chi connectivity index (χ4n) is 4.23. The zero-order chi connectivity index (χ0) is 24.5. The first-order valence-corrected chi connectivity index (χ1v) is 12.0. The number of methoxy groups -OCH3 is 1. The van der Waals surface area contributed by atoms with E-state index in [0.29, 0.717) is 31.2 Å². The molecular weight excluding hydrogens is 445 g/mol. The number of urea groups is 1. The Labute approximate surface area is 206 Å². The predicted octanol–water partition coefficient (Wildman–Crippen LogP) is 4.88. The fourth-order valence-corrected chi connectivity index (χ4v) is 4.23. The van der Waals surface area contributed by atoms with Crippen molar-refractivity contribution in [3.8, 4) is 11.5 Å². The summed E-state index contributed by atoms with van der Waals surface area (Å²) in [4.78, 5) is 15.1. The molecule has 3 aromatic rings. The van der Waals surface area contributed by atoms with E-state index in [4.69, 9.17) is 9.47 Å². The Hall–Kier alpha value is -3.58. The van der Waals surface area contributed by atoms with Crippen LogP contribution in [0.5, 0.6) is 11.5 Å². The van der Waals surface area contributed by atoms with Crippen LogP contribution in [0.15, 0.2) is 72.8 Å². The highest BCUT2D eigenvalue weighted by atomic mass is 19.1. The summed E-state index contributed by atoms with van der Waals surface area (Å²) >= 11 is 0. The zero-order valence-electron chi connectivity index (χ0n) is 20.0. The molecule has 1 fully saturated rings. The van der Waals surface area contributed by atoms with Gasteiger partial charge in [0.25, 0.3) is 0 Å². The summed E-state index contributed by atoms with van der Waals surface area (Å²) in [6.07, 6.45) is 1.77. The monoisotopic (exact) mass is 477 g/mol. The van der Waals surface area contributed by atoms with Gasteiger partial charge in [-0.3, -0.25) is 0 Å². The van der Waals surface area contributed by atoms with Crippen molar-refractivity contribution in [3.63, 3.8) is 0 Å². The molecule has 35 heavy (non-hydrogen) atoms. The average Bonchev–Trinajstić information content (AvgIpc) is 2.91. The Morgan fingerprint density at radius 3 is 2.40 bits per heavy atom. The van der Waals surface area contributed by atoms with Crippen LogP contribution in [0.4, 0.5) is 9.18 Å². The number of nitrogens with one attached hydrogen (secondary N) is 2. The molecule has 0 radical (unpaired) electrons. The largest absolute Gasteiger partial charge is 0.493 e. The van der Waals surface area contributed by atoms with Gasteiger partial charge >= 0.3 is 6.03 Å². The van der Waals surface area contributed by atoms with Crippen LogP contribution in [0.25, 0.3) is 0 Å². The highest BCUT2D eigenvalue weighted by Crippen LogP contribution is 2.29. The number of amides is 2. The van der Waals surface area contributed by atoms with Crippen LogP contribution in [-0.2, 0) is 19.7 Å². The molecule has 1 aliphatic rings. The topological polar surface area (TPSA) is 62.8 Å². The second-order valence-corrected chi connectivity index (χ2v) is 8.65. The molecule has 1 heterocycles. The van der Waals surface area contributed by atoms with Gasteiger partial charge in [-0.05, 0) is 66.9 Å². The van der Waals surface area contributed by atoms with Gasteiger partial charge in [0.2, 0.25) is 0 Å². The van der Waals surface area contributed by atoms with Crippen LogP contribution in [0.1, 0.15) is 29.5 Å². The standard InChI is InChI=1S/C28H32FN3O3/c1-34-27-17-23(9-12-26(27)35-20-22-5-3-2-4-6-22)18-31-28(33)32(25-13-15-30-16-14-25)19-21-7-10-24(29)11-8-21/h2-12,17,25,30H,13-16,18-20H2,1H3,(H,31,33). The number of piperidine rings is 1. The summed E-state index contributed by atoms with van der Waals surface area (Å²) in [6, 6.07) is 21.9. The molecule has 3 aromatic carbocycles. The molecule has 2 amide bonds. The van der Waals surface area contributed by atoms with Gasteiger partial charge in [-0.15, -0.1) is 0 Å². The summed E-state index contributed by atoms with van der Waals surface area (Å²) in [5.41, 5.74) is 2.89. The number of hydrogen-bond acceptors (Lipinski definition) is 4. The molecule has 6 nitrogen and oxygen atoms in total. The number of benzene rings is 3. The van der Waals surface area contributed by atoms with Gasteiger partial charge in [-0.1, -0.05) is 48.5 Å². The molecule has 7 heteroatoms. The van der Waals surface area contributed by atoms with E-state index < -0.39 is 0 Å². The minimum Gasteiger partial charge on any atom is -0.493 e. The molecule has 2 N–H and O–H groups in total. The van der Waals surface area contributed by atoms with Gasteiger partial charge in [-0.2, -0.15) is 0 Å². The normalized spacial score (nSPS) is 13.8. The Kier molecular flexibility index (Phi) is 8.57. The highest BCUT2D eigenvalue weighted by molar-refractivity contribution is 5.74. The van der Waals surface area contributed by atoms with Crippen LogP contribution >= 0.6 is 0 Å². The smallest absolute Gasteiger partial charge is 0.318 e. The minimum absolute atomic E-state index is 0.129. The first-order chi connectivity index (χ1) is 17.1. The summed E-state index contributed by atoms with van der Waals surface area (Å²) in [5.74, 6) is 0.991. The number of carbonyl (C=O) groups excluding carboxylic acids is 1. The third kappa shape index (κ3) is 6.96. The van der Waals surface area contributed by atoms with Gasteiger partial charge in [0.05, 0.1) is 7.11 Å². The van der Waals surface area contributed by atoms with E-state index in [0.717, 1.165) is 42.6 Å². The van der Waals surface area contributed by atoms with Gasteiger partial charge < -0.3 is 25.0 Å². The molecule has 1 aliphatic heterocycles. The van der Waals surface area contributed by atoms with Gasteiger partial charge in [-0.25, -0.2) is 9.18 Å². The molecule has 0 bridgehead atoms. The van der Waals surface area contributed by atoms with Crippen LogP contribution in [-0.4, -0.2) is 37.2 Å². The lowest BCUT2D eigenvalue weighted by atomic mass is 10.0. The number of ether oxygens (including phenoxy) is 2. The minimum atomic E-state index is -0.281. The number of rotatable bonds is 9. The Bertz CT molecular complexity index is 1090. The Balaban J connectivity index is 1.39. The second-order valence-electron chi connectivity index (χ2n) is 8.65. The van der Waals surface area contributed by atoms with E-state index in [1.807, 2.05) is 53.4 Å². The third-order valence-corrected chi connectivity index (χ3v) is 6.19. The van der Waals surface area contributed by atoms with Crippen LogP contribution < -0.4 is 20.1 Å². The Morgan fingerprint density at radius 2 is 1.69 bits per heavy atom. The van der Waals surface area contributed by atoms with Crippen molar-refractivity contribution >= 4 is 6.03 Å². The van der Waals surface area contributed by atoms with Crippen molar-refractivity contribution in [2.24, 2.45) is 0 Å². The fraction of sp³-hybridized carbons (Fsp3) is 0.321. The number of nitrogens with zero attached hydrogens (tertiary/aromatic N) is 1. The van der Waals surface area contributed by atoms with E-state index in [9.17, 15) is 9.18 Å². The molecule has 4 rings (SSSR count). The first-order valence-electron chi connectivity index (χ1n) is 12.0. The maximum atomic E-state index is 13.4. The molecule has 0 aromatic heterocycles. The van der Waals surface area contributed by atoms with E-state index in [1.165, 1.54) is 12.1 Å². The average molecular weight is 478 g/mol. The lowest BCUT2D eigenvalue weighted by Gasteiger charge is -2.35. The number of halogens is 1. The molecule has 1 saturated heterocycles. The summed E-state index contributed by atoms with van der Waals surface area (Å²) in [5, 5.41) is 6.40. The Morgan fingerprint density at radius 1 is 0.971 bits per heavy atom. The first kappa shape index (κ1) is 24.5. The second kappa shape index (κ2) is 12.2. The van der Waals surface area contributed by atoms with E-state index in [-0.39, 0.29) is 17.9 Å². The van der Waals surface area contributed by atoms with E-state index in [1.54, 1.807) is 19.2 Å². The van der Waals surface area contributed by atoms with Crippen molar-refractivity contribution in [2.45, 2.75) is 38.6 Å². The number of hydrogen-bond donors (Lipinski definition) is 2. The van der Waals surface area contributed by atoms with Crippen molar-refractivity contribution in [1.82, 2.24) is 15.5 Å². The quantitative estimate of drug-likeness (QED) is 0.461. The van der Waals surface area contributed by atoms with Crippen molar-refractivity contribution in [2.75, 3.05) is 20.2 Å². The predicted molar refractivity (Wildman–Crippen MR) is 134 cm³/mol. The van der Waals surface area contributed by atoms with Crippen molar-refractivity contribution in [1.29, 1.82) is 0 Å². The van der Waals surface area contributed by atoms with E-state index in [2.05, 4.69) is 10.6 Å². The molecule has 0 aliphatic carbocycles. The van der Waals surface area contributed by atoms with Crippen LogP contribution in [0, 0.1) is 5.82 Å². The third-order valence-electron chi connectivity index (χ3n) is 6.19. The van der Waals surface area contributed by atoms with Crippen LogP contribution in [0.2, 0.25) is 0 Å². The molecule has 0 unspecified atom stereocenters. The maximum absolute atomic E-state index is 13.4. The lowest BCUT2D eigenvalue weighted by Crippen LogP contribution is -2.49. The summed E-state index contributed by atoms with van der Waals surface area (Å²) in [7, 11) is 1.61. The molecular formula is C28H32FN3O3. The van der Waals surface area contributed by atoms with E-state index >= 15 is 0 Å². The van der Waals surface area contributed by atoms with Crippen molar-refractivity contribution < 1.29 is 18.7 Å². The van der Waals surface area contributed by atoms with Gasteiger partial charge in [0.15, 0.2) is 11.5 Å². The summed E-state index contributed by atoms with van der Waals surface area (Å²) < 4.78 is 24.8. The lowest BCUT2D eigenvalue weighted by molar-refractivity contribution is 0.154. The van der Waals surface area contributed by atoms with Gasteiger partial charge in [0, 0.05) is 19.1 Å². The zero-order valence-corrected chi connectivity index (χ0v) is 20.0. The summed E-state index contributed by atoms with van der Waals surface area (Å²) in [6.45, 7) is 2.99.